The van der Waals surface area contributed by atoms with Crippen molar-refractivity contribution in [3.05, 3.63) is 35.4 Å². The normalized spacial score (nSPS) is 11.4. The maximum atomic E-state index is 14.5. The minimum Gasteiger partial charge on any atom is -0.493 e. The van der Waals surface area contributed by atoms with Crippen molar-refractivity contribution in [2.45, 2.75) is 6.18 Å². The summed E-state index contributed by atoms with van der Waals surface area (Å²) in [5.74, 6) is -2.50. The molecule has 0 amide bonds. The first-order valence-electron chi connectivity index (χ1n) is 6.26. The smallest absolute Gasteiger partial charge is 0.434 e. The first-order valence-corrected chi connectivity index (χ1v) is 6.26. The van der Waals surface area contributed by atoms with Crippen molar-refractivity contribution in [3.8, 4) is 17.1 Å². The van der Waals surface area contributed by atoms with Crippen LogP contribution in [0.2, 0.25) is 0 Å². The lowest BCUT2D eigenvalue weighted by Gasteiger charge is -2.11. The van der Waals surface area contributed by atoms with E-state index in [0.717, 1.165) is 31.0 Å². The molecule has 2 aromatic rings. The van der Waals surface area contributed by atoms with Gasteiger partial charge < -0.3 is 14.0 Å². The fourth-order valence-corrected chi connectivity index (χ4v) is 2.05. The summed E-state index contributed by atoms with van der Waals surface area (Å²) in [5.41, 5.74) is -1.56. The summed E-state index contributed by atoms with van der Waals surface area (Å²) in [5, 5.41) is 0. The summed E-state index contributed by atoms with van der Waals surface area (Å²) in [7, 11) is 3.55. The summed E-state index contributed by atoms with van der Waals surface area (Å²) in [6, 6.07) is 2.34. The van der Waals surface area contributed by atoms with E-state index in [1.54, 1.807) is 0 Å². The molecule has 1 aromatic heterocycles. The van der Waals surface area contributed by atoms with Crippen molar-refractivity contribution in [2.75, 3.05) is 14.2 Å². The van der Waals surface area contributed by atoms with E-state index in [9.17, 15) is 22.4 Å². The molecule has 0 radical (unpaired) electrons. The van der Waals surface area contributed by atoms with Crippen LogP contribution in [0.5, 0.6) is 5.75 Å². The summed E-state index contributed by atoms with van der Waals surface area (Å²) in [4.78, 5) is 15.0. The minimum atomic E-state index is -4.65. The van der Waals surface area contributed by atoms with Gasteiger partial charge in [0.25, 0.3) is 0 Å². The molecule has 0 atom stereocenters. The molecule has 0 saturated carbocycles. The van der Waals surface area contributed by atoms with Crippen LogP contribution < -0.4 is 4.74 Å². The molecule has 0 unspecified atom stereocenters. The zero-order chi connectivity index (χ0) is 17.4. The molecule has 0 aliphatic rings. The number of benzene rings is 1. The molecule has 1 aromatic carbocycles. The Labute approximate surface area is 128 Å². The molecule has 1 heterocycles. The van der Waals surface area contributed by atoms with Crippen molar-refractivity contribution in [2.24, 2.45) is 7.05 Å². The molecular weight excluding hydrogens is 320 g/mol. The van der Waals surface area contributed by atoms with Gasteiger partial charge in [-0.15, -0.1) is 0 Å². The van der Waals surface area contributed by atoms with Crippen LogP contribution in [0.15, 0.2) is 18.3 Å². The number of nitrogens with zero attached hydrogens (tertiary/aromatic N) is 2. The second-order valence-electron chi connectivity index (χ2n) is 4.56. The lowest BCUT2D eigenvalue weighted by atomic mass is 10.1. The van der Waals surface area contributed by atoms with Gasteiger partial charge in [-0.1, -0.05) is 0 Å². The van der Waals surface area contributed by atoms with Crippen molar-refractivity contribution in [3.63, 3.8) is 0 Å². The molecule has 23 heavy (non-hydrogen) atoms. The Kier molecular flexibility index (Phi) is 4.31. The van der Waals surface area contributed by atoms with E-state index in [1.807, 2.05) is 0 Å². The topological polar surface area (TPSA) is 53.3 Å². The number of rotatable bonds is 3. The van der Waals surface area contributed by atoms with E-state index in [4.69, 9.17) is 4.74 Å². The number of alkyl halides is 3. The number of imidazole rings is 1. The molecule has 0 bridgehead atoms. The summed E-state index contributed by atoms with van der Waals surface area (Å²) in [6.07, 6.45) is -3.90. The molecule has 124 valence electrons. The Balaban J connectivity index is 2.62. The molecule has 0 aliphatic heterocycles. The third-order valence-electron chi connectivity index (χ3n) is 3.11. The maximum Gasteiger partial charge on any atom is 0.434 e. The number of aromatic nitrogens is 2. The largest absolute Gasteiger partial charge is 0.493 e. The molecule has 2 rings (SSSR count). The SMILES string of the molecule is COC(=O)c1ccc(-c2nc(C(F)(F)F)cn2C)c(F)c1OC. The van der Waals surface area contributed by atoms with Gasteiger partial charge in [-0.2, -0.15) is 13.2 Å². The van der Waals surface area contributed by atoms with E-state index < -0.39 is 29.4 Å². The monoisotopic (exact) mass is 332 g/mol. The molecule has 0 fully saturated rings. The third kappa shape index (κ3) is 2.99. The molecule has 5 nitrogen and oxygen atoms in total. The summed E-state index contributed by atoms with van der Waals surface area (Å²) in [6.45, 7) is 0. The minimum absolute atomic E-state index is 0.179. The number of hydrogen-bond donors (Lipinski definition) is 0. The fourth-order valence-electron chi connectivity index (χ4n) is 2.05. The van der Waals surface area contributed by atoms with E-state index in [1.165, 1.54) is 13.1 Å². The van der Waals surface area contributed by atoms with Crippen LogP contribution in [0, 0.1) is 5.82 Å². The van der Waals surface area contributed by atoms with Crippen LogP contribution in [0.3, 0.4) is 0 Å². The van der Waals surface area contributed by atoms with Crippen LogP contribution in [0.4, 0.5) is 17.6 Å². The van der Waals surface area contributed by atoms with Crippen molar-refractivity contribution in [1.29, 1.82) is 0 Å². The fraction of sp³-hybridized carbons (Fsp3) is 0.286. The van der Waals surface area contributed by atoms with E-state index >= 15 is 0 Å². The molecule has 0 spiro atoms. The average Bonchev–Trinajstić information content (AvgIpc) is 2.88. The van der Waals surface area contributed by atoms with Gasteiger partial charge in [0, 0.05) is 13.2 Å². The number of methoxy groups -OCH3 is 2. The highest BCUT2D eigenvalue weighted by Crippen LogP contribution is 2.34. The molecular formula is C14H12F4N2O3. The quantitative estimate of drug-likeness (QED) is 0.640. The van der Waals surface area contributed by atoms with Gasteiger partial charge in [-0.05, 0) is 12.1 Å². The average molecular weight is 332 g/mol. The standard InChI is InChI=1S/C14H12F4N2O3/c1-20-6-9(14(16,17)18)19-12(20)7-4-5-8(13(21)23-3)11(22-2)10(7)15/h4-6H,1-3H3. The van der Waals surface area contributed by atoms with Gasteiger partial charge in [-0.25, -0.2) is 14.2 Å². The zero-order valence-electron chi connectivity index (χ0n) is 12.4. The lowest BCUT2D eigenvalue weighted by molar-refractivity contribution is -0.140. The van der Waals surface area contributed by atoms with Crippen molar-refractivity contribution < 1.29 is 31.8 Å². The lowest BCUT2D eigenvalue weighted by Crippen LogP contribution is -2.07. The Hall–Kier alpha value is -2.58. The number of halogens is 4. The van der Waals surface area contributed by atoms with Crippen LogP contribution >= 0.6 is 0 Å². The predicted molar refractivity (Wildman–Crippen MR) is 71.5 cm³/mol. The highest BCUT2D eigenvalue weighted by Gasteiger charge is 2.35. The number of carbonyl (C=O) groups is 1. The highest BCUT2D eigenvalue weighted by molar-refractivity contribution is 5.93. The number of ether oxygens (including phenoxy) is 2. The van der Waals surface area contributed by atoms with Gasteiger partial charge in [0.15, 0.2) is 17.3 Å². The van der Waals surface area contributed by atoms with Crippen molar-refractivity contribution in [1.82, 2.24) is 9.55 Å². The van der Waals surface area contributed by atoms with Gasteiger partial charge in [0.2, 0.25) is 0 Å². The molecule has 0 saturated heterocycles. The number of aryl methyl sites for hydroxylation is 1. The summed E-state index contributed by atoms with van der Waals surface area (Å²) >= 11 is 0. The predicted octanol–water partition coefficient (Wildman–Crippen LogP) is 3.04. The number of hydrogen-bond acceptors (Lipinski definition) is 4. The molecule has 9 heteroatoms. The molecule has 0 aliphatic carbocycles. The van der Waals surface area contributed by atoms with Gasteiger partial charge in [0.1, 0.15) is 11.4 Å². The zero-order valence-corrected chi connectivity index (χ0v) is 12.4. The van der Waals surface area contributed by atoms with Crippen LogP contribution in [0.1, 0.15) is 16.1 Å². The van der Waals surface area contributed by atoms with Crippen molar-refractivity contribution >= 4 is 5.97 Å². The Bertz CT molecular complexity index is 753. The van der Waals surface area contributed by atoms with Gasteiger partial charge >= 0.3 is 12.1 Å². The Morgan fingerprint density at radius 1 is 1.26 bits per heavy atom. The maximum absolute atomic E-state index is 14.5. The summed E-state index contributed by atoms with van der Waals surface area (Å²) < 4.78 is 63.0. The molecule has 0 N–H and O–H groups in total. The van der Waals surface area contributed by atoms with E-state index in [0.29, 0.717) is 0 Å². The number of carbonyl (C=O) groups excluding carboxylic acids is 1. The van der Waals surface area contributed by atoms with E-state index in [2.05, 4.69) is 9.72 Å². The Morgan fingerprint density at radius 2 is 1.91 bits per heavy atom. The third-order valence-corrected chi connectivity index (χ3v) is 3.11. The van der Waals surface area contributed by atoms with E-state index in [-0.39, 0.29) is 17.0 Å². The second kappa shape index (κ2) is 5.90. The number of esters is 1. The first kappa shape index (κ1) is 16.8. The highest BCUT2D eigenvalue weighted by atomic mass is 19.4. The van der Waals surface area contributed by atoms with Crippen LogP contribution in [0.25, 0.3) is 11.4 Å². The van der Waals surface area contributed by atoms with Crippen LogP contribution in [-0.4, -0.2) is 29.7 Å². The Morgan fingerprint density at radius 3 is 2.39 bits per heavy atom. The van der Waals surface area contributed by atoms with Crippen LogP contribution in [-0.2, 0) is 18.0 Å². The second-order valence-corrected chi connectivity index (χ2v) is 4.56. The first-order chi connectivity index (χ1) is 10.7. The van der Waals surface area contributed by atoms with Gasteiger partial charge in [-0.3, -0.25) is 0 Å². The van der Waals surface area contributed by atoms with Gasteiger partial charge in [0.05, 0.1) is 19.8 Å².